The fraction of sp³-hybridized carbons (Fsp3) is 0.133. The van der Waals surface area contributed by atoms with Crippen molar-refractivity contribution in [1.82, 2.24) is 0 Å². The van der Waals surface area contributed by atoms with E-state index < -0.39 is 7.82 Å². The number of methoxy groups -OCH3 is 2. The summed E-state index contributed by atoms with van der Waals surface area (Å²) in [6.45, 7) is 0. The van der Waals surface area contributed by atoms with Gasteiger partial charge in [-0.05, 0) is 83.9 Å². The number of phosphoric ester groups is 1. The number of Topliss-reactive ketones (excluding diaryl/α,β-unsaturated/α-hetero) is 2. The smallest absolute Gasteiger partial charge is 0.497 e. The van der Waals surface area contributed by atoms with E-state index in [-0.39, 0.29) is 35.9 Å². The molecule has 0 spiro atoms. The van der Waals surface area contributed by atoms with Gasteiger partial charge in [-0.1, -0.05) is 24.3 Å². The van der Waals surface area contributed by atoms with Crippen LogP contribution in [0.25, 0.3) is 0 Å². The lowest BCUT2D eigenvalue weighted by atomic mass is 10.0. The van der Waals surface area contributed by atoms with Crippen LogP contribution in [0.3, 0.4) is 0 Å². The van der Waals surface area contributed by atoms with Crippen LogP contribution in [-0.4, -0.2) is 30.7 Å². The summed E-state index contributed by atoms with van der Waals surface area (Å²) in [5, 5.41) is 0. The van der Waals surface area contributed by atoms with Crippen molar-refractivity contribution in [3.63, 3.8) is 0 Å². The lowest BCUT2D eigenvalue weighted by molar-refractivity contribution is 0.0984. The number of rotatable bonds is 12. The molecule has 0 unspecified atom stereocenters. The van der Waals surface area contributed by atoms with Gasteiger partial charge in [-0.25, -0.2) is 4.57 Å². The predicted octanol–water partition coefficient (Wildman–Crippen LogP) is 6.11. The Hall–Kier alpha value is -4.39. The lowest BCUT2D eigenvalue weighted by Gasteiger charge is -2.14. The molecule has 1 N–H and O–H groups in total. The molecule has 0 fully saturated rings. The summed E-state index contributed by atoms with van der Waals surface area (Å²) in [5.41, 5.74) is 2.54. The zero-order valence-electron chi connectivity index (χ0n) is 21.4. The number of phosphoric acid groups is 1. The van der Waals surface area contributed by atoms with Crippen molar-refractivity contribution in [3.8, 4) is 23.0 Å². The van der Waals surface area contributed by atoms with Gasteiger partial charge in [-0.15, -0.1) is 0 Å². The average molecular weight is 547 g/mol. The van der Waals surface area contributed by atoms with Crippen molar-refractivity contribution in [2.45, 2.75) is 12.8 Å². The molecule has 0 bridgehead atoms. The zero-order valence-corrected chi connectivity index (χ0v) is 22.3. The molecule has 0 saturated carbocycles. The second-order valence-corrected chi connectivity index (χ2v) is 9.90. The third-order valence-electron chi connectivity index (χ3n) is 5.84. The third kappa shape index (κ3) is 7.80. The molecular formula is C30H27O8P. The van der Waals surface area contributed by atoms with E-state index in [9.17, 15) is 19.0 Å². The van der Waals surface area contributed by atoms with E-state index in [4.69, 9.17) is 18.5 Å². The molecule has 0 aliphatic rings. The van der Waals surface area contributed by atoms with E-state index in [2.05, 4.69) is 0 Å². The Morgan fingerprint density at radius 1 is 0.564 bits per heavy atom. The van der Waals surface area contributed by atoms with Crippen molar-refractivity contribution < 1.29 is 37.6 Å². The Balaban J connectivity index is 1.31. The van der Waals surface area contributed by atoms with Crippen molar-refractivity contribution >= 4 is 19.4 Å². The lowest BCUT2D eigenvalue weighted by Crippen LogP contribution is -2.05. The molecule has 0 aliphatic heterocycles. The SMILES string of the molecule is COc1ccc(CC(=O)c2ccc(OP(=O)(O)Oc3ccc(C(=O)Cc4ccc(OC)cc4)cc3)cc2)cc1. The normalized spacial score (nSPS) is 10.9. The van der Waals surface area contributed by atoms with E-state index in [1.807, 2.05) is 24.3 Å². The molecule has 8 nitrogen and oxygen atoms in total. The minimum absolute atomic E-state index is 0.0631. The van der Waals surface area contributed by atoms with Gasteiger partial charge in [0.2, 0.25) is 0 Å². The summed E-state index contributed by atoms with van der Waals surface area (Å²) < 4.78 is 33.1. The topological polar surface area (TPSA) is 108 Å². The number of carbonyl (C=O) groups is 2. The standard InChI is InChI=1S/C30H27O8P/c1-35-25-11-3-21(4-12-25)19-29(31)23-7-15-27(16-8-23)37-39(33,34)38-28-17-9-24(10-18-28)30(32)20-22-5-13-26(36-2)14-6-22/h3-18H,19-20H2,1-2H3,(H,33,34). The Morgan fingerprint density at radius 3 is 1.18 bits per heavy atom. The van der Waals surface area contributed by atoms with Gasteiger partial charge in [0, 0.05) is 24.0 Å². The Morgan fingerprint density at radius 2 is 0.872 bits per heavy atom. The first-order valence-electron chi connectivity index (χ1n) is 12.0. The van der Waals surface area contributed by atoms with Crippen LogP contribution in [0.4, 0.5) is 0 Å². The minimum atomic E-state index is -4.53. The highest BCUT2D eigenvalue weighted by atomic mass is 31.2. The molecule has 9 heteroatoms. The fourth-order valence-corrected chi connectivity index (χ4v) is 4.56. The van der Waals surface area contributed by atoms with Crippen LogP contribution in [0.1, 0.15) is 31.8 Å². The highest BCUT2D eigenvalue weighted by Gasteiger charge is 2.25. The van der Waals surface area contributed by atoms with E-state index in [0.717, 1.165) is 11.1 Å². The second kappa shape index (κ2) is 12.4. The number of hydrogen-bond acceptors (Lipinski definition) is 7. The minimum Gasteiger partial charge on any atom is -0.497 e. The monoisotopic (exact) mass is 546 g/mol. The molecule has 4 aromatic carbocycles. The Bertz CT molecular complexity index is 1350. The predicted molar refractivity (Wildman–Crippen MR) is 146 cm³/mol. The molecule has 0 aromatic heterocycles. The first-order chi connectivity index (χ1) is 18.7. The summed E-state index contributed by atoms with van der Waals surface area (Å²) in [6, 6.07) is 26.2. The number of hydrogen-bond donors (Lipinski definition) is 1. The Labute approximate surface area is 226 Å². The van der Waals surface area contributed by atoms with Crippen LogP contribution in [0, 0.1) is 0 Å². The van der Waals surface area contributed by atoms with Gasteiger partial charge in [-0.3, -0.25) is 14.5 Å². The van der Waals surface area contributed by atoms with E-state index >= 15 is 0 Å². The molecule has 0 aliphatic carbocycles. The molecule has 0 saturated heterocycles. The third-order valence-corrected chi connectivity index (χ3v) is 6.72. The van der Waals surface area contributed by atoms with Crippen LogP contribution < -0.4 is 18.5 Å². The number of benzene rings is 4. The molecule has 0 amide bonds. The summed E-state index contributed by atoms with van der Waals surface area (Å²) in [6.07, 6.45) is 0.398. The van der Waals surface area contributed by atoms with Gasteiger partial charge in [0.05, 0.1) is 14.2 Å². The molecule has 39 heavy (non-hydrogen) atoms. The van der Waals surface area contributed by atoms with E-state index in [1.165, 1.54) is 48.5 Å². The van der Waals surface area contributed by atoms with E-state index in [0.29, 0.717) is 22.6 Å². The van der Waals surface area contributed by atoms with Crippen LogP contribution in [0.15, 0.2) is 97.1 Å². The summed E-state index contributed by atoms with van der Waals surface area (Å²) in [5.74, 6) is 1.31. The summed E-state index contributed by atoms with van der Waals surface area (Å²) >= 11 is 0. The maximum absolute atomic E-state index is 12.6. The summed E-state index contributed by atoms with van der Waals surface area (Å²) in [4.78, 5) is 35.4. The highest BCUT2D eigenvalue weighted by molar-refractivity contribution is 7.48. The van der Waals surface area contributed by atoms with Gasteiger partial charge in [-0.2, -0.15) is 0 Å². The van der Waals surface area contributed by atoms with Crippen LogP contribution in [0.5, 0.6) is 23.0 Å². The second-order valence-electron chi connectivity index (χ2n) is 8.60. The van der Waals surface area contributed by atoms with Gasteiger partial charge in [0.15, 0.2) is 11.6 Å². The van der Waals surface area contributed by atoms with Crippen LogP contribution in [-0.2, 0) is 17.4 Å². The molecule has 0 heterocycles. The number of carbonyl (C=O) groups excluding carboxylic acids is 2. The van der Waals surface area contributed by atoms with Crippen molar-refractivity contribution in [1.29, 1.82) is 0 Å². The molecule has 0 radical (unpaired) electrons. The largest absolute Gasteiger partial charge is 0.584 e. The quantitative estimate of drug-likeness (QED) is 0.167. The van der Waals surface area contributed by atoms with Crippen molar-refractivity contribution in [2.75, 3.05) is 14.2 Å². The van der Waals surface area contributed by atoms with Crippen molar-refractivity contribution in [2.24, 2.45) is 0 Å². The van der Waals surface area contributed by atoms with Gasteiger partial charge in [0.1, 0.15) is 23.0 Å². The maximum atomic E-state index is 12.6. The maximum Gasteiger partial charge on any atom is 0.584 e. The summed E-state index contributed by atoms with van der Waals surface area (Å²) in [7, 11) is -1.39. The first kappa shape index (κ1) is 27.6. The van der Waals surface area contributed by atoms with Gasteiger partial charge < -0.3 is 18.5 Å². The average Bonchev–Trinajstić information content (AvgIpc) is 2.94. The molecular weight excluding hydrogens is 519 g/mol. The van der Waals surface area contributed by atoms with Crippen LogP contribution >= 0.6 is 7.82 Å². The number of ketones is 2. The zero-order chi connectivity index (χ0) is 27.8. The Kier molecular flexibility index (Phi) is 8.81. The van der Waals surface area contributed by atoms with E-state index in [1.54, 1.807) is 38.5 Å². The van der Waals surface area contributed by atoms with Gasteiger partial charge in [0.25, 0.3) is 0 Å². The van der Waals surface area contributed by atoms with Crippen molar-refractivity contribution in [3.05, 3.63) is 119 Å². The fourth-order valence-electron chi connectivity index (χ4n) is 3.75. The van der Waals surface area contributed by atoms with Gasteiger partial charge >= 0.3 is 7.82 Å². The highest BCUT2D eigenvalue weighted by Crippen LogP contribution is 2.44. The molecule has 0 atom stereocenters. The number of ether oxygens (including phenoxy) is 2. The first-order valence-corrected chi connectivity index (χ1v) is 13.5. The molecule has 4 rings (SSSR count). The van der Waals surface area contributed by atoms with Crippen LogP contribution in [0.2, 0.25) is 0 Å². The molecule has 4 aromatic rings. The molecule has 200 valence electrons.